The smallest absolute Gasteiger partial charge is 0.239 e. The Bertz CT molecular complexity index is 839. The molecule has 0 aliphatic carbocycles. The molecule has 0 bridgehead atoms. The van der Waals surface area contributed by atoms with Crippen molar-refractivity contribution in [2.75, 3.05) is 5.75 Å². The third-order valence-electron chi connectivity index (χ3n) is 4.51. The molecule has 1 aliphatic rings. The molecular formula is C21H25N3OS. The van der Waals surface area contributed by atoms with E-state index < -0.39 is 0 Å². The van der Waals surface area contributed by atoms with Crippen molar-refractivity contribution in [1.82, 2.24) is 4.90 Å². The van der Waals surface area contributed by atoms with E-state index in [2.05, 4.69) is 41.4 Å². The average molecular weight is 368 g/mol. The highest BCUT2D eigenvalue weighted by Gasteiger charge is 2.28. The number of hydrogen-bond donors (Lipinski definition) is 0. The molecule has 0 spiro atoms. The molecule has 2 aromatic rings. The second-order valence-corrected chi connectivity index (χ2v) is 7.52. The van der Waals surface area contributed by atoms with Crippen LogP contribution < -0.4 is 0 Å². The summed E-state index contributed by atoms with van der Waals surface area (Å²) in [6, 6.07) is 14.5. The van der Waals surface area contributed by atoms with Gasteiger partial charge in [-0.3, -0.25) is 9.69 Å². The maximum absolute atomic E-state index is 12.4. The lowest BCUT2D eigenvalue weighted by Gasteiger charge is -2.16. The molecule has 26 heavy (non-hydrogen) atoms. The number of unbranched alkanes of at least 4 members (excludes halogenated alkanes) is 2. The van der Waals surface area contributed by atoms with Gasteiger partial charge in [-0.05, 0) is 36.1 Å². The number of rotatable bonds is 7. The van der Waals surface area contributed by atoms with E-state index in [1.807, 2.05) is 25.1 Å². The van der Waals surface area contributed by atoms with Crippen molar-refractivity contribution in [3.05, 3.63) is 48.0 Å². The highest BCUT2D eigenvalue weighted by atomic mass is 32.2. The van der Waals surface area contributed by atoms with Crippen LogP contribution in [0.15, 0.2) is 52.7 Å². The van der Waals surface area contributed by atoms with E-state index in [1.54, 1.807) is 4.90 Å². The number of thioether (sulfide) groups is 1. The number of carbonyl (C=O) groups is 1. The molecule has 0 atom stereocenters. The first-order chi connectivity index (χ1) is 12.7. The van der Waals surface area contributed by atoms with Crippen LogP contribution in [0.1, 0.15) is 45.1 Å². The number of benzene rings is 2. The molecule has 3 rings (SSSR count). The van der Waals surface area contributed by atoms with Crippen molar-refractivity contribution in [3.8, 4) is 0 Å². The van der Waals surface area contributed by atoms with E-state index in [9.17, 15) is 4.79 Å². The molecule has 5 heteroatoms. The highest BCUT2D eigenvalue weighted by Crippen LogP contribution is 2.25. The van der Waals surface area contributed by atoms with Gasteiger partial charge in [0, 0.05) is 5.71 Å². The monoisotopic (exact) mass is 367 g/mol. The number of amides is 1. The van der Waals surface area contributed by atoms with E-state index in [0.29, 0.717) is 17.5 Å². The predicted octanol–water partition coefficient (Wildman–Crippen LogP) is 5.23. The van der Waals surface area contributed by atoms with Gasteiger partial charge in [0.2, 0.25) is 5.91 Å². The molecule has 1 amide bonds. The molecule has 4 nitrogen and oxygen atoms in total. The highest BCUT2D eigenvalue weighted by molar-refractivity contribution is 8.15. The van der Waals surface area contributed by atoms with Crippen LogP contribution in [0.4, 0.5) is 0 Å². The van der Waals surface area contributed by atoms with Crippen LogP contribution in [-0.4, -0.2) is 27.4 Å². The van der Waals surface area contributed by atoms with Gasteiger partial charge in [0.25, 0.3) is 0 Å². The lowest BCUT2D eigenvalue weighted by Crippen LogP contribution is -2.29. The molecule has 1 saturated heterocycles. The third-order valence-corrected chi connectivity index (χ3v) is 5.47. The fourth-order valence-corrected chi connectivity index (χ4v) is 3.87. The zero-order chi connectivity index (χ0) is 18.4. The van der Waals surface area contributed by atoms with Crippen molar-refractivity contribution in [1.29, 1.82) is 0 Å². The van der Waals surface area contributed by atoms with Gasteiger partial charge in [-0.25, -0.2) is 0 Å². The zero-order valence-electron chi connectivity index (χ0n) is 15.4. The fraction of sp³-hybridized carbons (Fsp3) is 0.381. The topological polar surface area (TPSA) is 45.0 Å². The van der Waals surface area contributed by atoms with Gasteiger partial charge in [-0.1, -0.05) is 74.0 Å². The van der Waals surface area contributed by atoms with Gasteiger partial charge >= 0.3 is 0 Å². The summed E-state index contributed by atoms with van der Waals surface area (Å²) in [4.78, 5) is 14.1. The van der Waals surface area contributed by atoms with Gasteiger partial charge < -0.3 is 0 Å². The molecule has 0 unspecified atom stereocenters. The van der Waals surface area contributed by atoms with Gasteiger partial charge in [0.1, 0.15) is 0 Å². The molecule has 136 valence electrons. The van der Waals surface area contributed by atoms with Gasteiger partial charge in [0.05, 0.1) is 12.3 Å². The molecule has 0 aromatic heterocycles. The Morgan fingerprint density at radius 2 is 1.96 bits per heavy atom. The van der Waals surface area contributed by atoms with Crippen molar-refractivity contribution in [2.45, 2.75) is 46.1 Å². The number of amidine groups is 1. The minimum Gasteiger partial charge on any atom is -0.285 e. The SMILES string of the molecule is CCCCC/C(C)=N/N=C1\SCC(=O)N1Cc1cccc2ccccc12. The van der Waals surface area contributed by atoms with Crippen LogP contribution >= 0.6 is 11.8 Å². The van der Waals surface area contributed by atoms with Crippen LogP contribution in [0.2, 0.25) is 0 Å². The summed E-state index contributed by atoms with van der Waals surface area (Å²) >= 11 is 1.47. The molecule has 0 N–H and O–H groups in total. The van der Waals surface area contributed by atoms with Crippen LogP contribution in [-0.2, 0) is 11.3 Å². The summed E-state index contributed by atoms with van der Waals surface area (Å²) in [5.41, 5.74) is 2.16. The van der Waals surface area contributed by atoms with Crippen molar-refractivity contribution < 1.29 is 4.79 Å². The quantitative estimate of drug-likeness (QED) is 0.382. The molecule has 1 fully saturated rings. The molecule has 1 heterocycles. The molecule has 2 aromatic carbocycles. The first kappa shape index (κ1) is 18.6. The summed E-state index contributed by atoms with van der Waals surface area (Å²) in [5, 5.41) is 11.8. The van der Waals surface area contributed by atoms with E-state index in [4.69, 9.17) is 0 Å². The second-order valence-electron chi connectivity index (χ2n) is 6.58. The Morgan fingerprint density at radius 3 is 2.81 bits per heavy atom. The lowest BCUT2D eigenvalue weighted by molar-refractivity contribution is -0.124. The van der Waals surface area contributed by atoms with Crippen LogP contribution in [0.5, 0.6) is 0 Å². The molecule has 1 aliphatic heterocycles. The number of carbonyl (C=O) groups excluding carboxylic acids is 1. The standard InChI is InChI=1S/C21H25N3OS/c1-3-4-5-9-16(2)22-23-21-24(20(25)15-26-21)14-18-12-8-11-17-10-6-7-13-19(17)18/h6-8,10-13H,3-5,9,14-15H2,1-2H3/b22-16+,23-21-. The third kappa shape index (κ3) is 4.52. The summed E-state index contributed by atoms with van der Waals surface area (Å²) in [6.07, 6.45) is 4.52. The Hall–Kier alpha value is -2.14. The fourth-order valence-electron chi connectivity index (χ4n) is 3.04. The average Bonchev–Trinajstić information content (AvgIpc) is 3.00. The number of fused-ring (bicyclic) bond motifs is 1. The molecular weight excluding hydrogens is 342 g/mol. The van der Waals surface area contributed by atoms with Crippen molar-refractivity contribution in [3.63, 3.8) is 0 Å². The first-order valence-electron chi connectivity index (χ1n) is 9.20. The summed E-state index contributed by atoms with van der Waals surface area (Å²) in [6.45, 7) is 4.74. The minimum atomic E-state index is 0.0977. The normalized spacial score (nSPS) is 16.8. The van der Waals surface area contributed by atoms with Gasteiger partial charge in [-0.2, -0.15) is 5.10 Å². The van der Waals surface area contributed by atoms with Crippen molar-refractivity contribution in [2.24, 2.45) is 10.2 Å². The summed E-state index contributed by atoms with van der Waals surface area (Å²) in [7, 11) is 0. The minimum absolute atomic E-state index is 0.0977. The van der Waals surface area contributed by atoms with Gasteiger partial charge in [-0.15, -0.1) is 5.10 Å². The molecule has 0 saturated carbocycles. The van der Waals surface area contributed by atoms with E-state index >= 15 is 0 Å². The maximum atomic E-state index is 12.4. The molecule has 0 radical (unpaired) electrons. The van der Waals surface area contributed by atoms with Crippen LogP contribution in [0, 0.1) is 0 Å². The predicted molar refractivity (Wildman–Crippen MR) is 112 cm³/mol. The Morgan fingerprint density at radius 1 is 1.15 bits per heavy atom. The first-order valence-corrected chi connectivity index (χ1v) is 10.2. The summed E-state index contributed by atoms with van der Waals surface area (Å²) < 4.78 is 0. The summed E-state index contributed by atoms with van der Waals surface area (Å²) in [5.74, 6) is 0.536. The van der Waals surface area contributed by atoms with Crippen LogP contribution in [0.25, 0.3) is 10.8 Å². The largest absolute Gasteiger partial charge is 0.285 e. The number of hydrogen-bond acceptors (Lipinski definition) is 4. The Labute approximate surface area is 159 Å². The zero-order valence-corrected chi connectivity index (χ0v) is 16.3. The lowest BCUT2D eigenvalue weighted by atomic mass is 10.0. The van der Waals surface area contributed by atoms with E-state index in [-0.39, 0.29) is 5.91 Å². The Kier molecular flexibility index (Phi) is 6.45. The second kappa shape index (κ2) is 8.99. The van der Waals surface area contributed by atoms with Crippen molar-refractivity contribution >= 4 is 39.3 Å². The number of nitrogens with zero attached hydrogens (tertiary/aromatic N) is 3. The maximum Gasteiger partial charge on any atom is 0.239 e. The van der Waals surface area contributed by atoms with Crippen LogP contribution in [0.3, 0.4) is 0 Å². The van der Waals surface area contributed by atoms with E-state index in [1.165, 1.54) is 35.4 Å². The Balaban J connectivity index is 1.77. The van der Waals surface area contributed by atoms with Gasteiger partial charge in [0.15, 0.2) is 5.17 Å². The van der Waals surface area contributed by atoms with E-state index in [0.717, 1.165) is 24.1 Å².